The minimum Gasteiger partial charge on any atom is -0.480 e. The molecule has 1 rings (SSSR count). The fourth-order valence-corrected chi connectivity index (χ4v) is 3.33. The molecule has 110 valence electrons. The summed E-state index contributed by atoms with van der Waals surface area (Å²) in [6, 6.07) is 9.17. The van der Waals surface area contributed by atoms with Crippen molar-refractivity contribution < 1.29 is 23.5 Å². The summed E-state index contributed by atoms with van der Waals surface area (Å²) in [4.78, 5) is 11.3. The molecule has 0 amide bonds. The molecule has 1 aromatic rings. The lowest BCUT2D eigenvalue weighted by molar-refractivity contribution is -0.136. The van der Waals surface area contributed by atoms with Crippen molar-refractivity contribution in [1.82, 2.24) is 0 Å². The molecule has 0 saturated heterocycles. The van der Waals surface area contributed by atoms with Crippen LogP contribution in [0.1, 0.15) is 19.4 Å². The standard InChI is InChI=1S/C14H19O5P/c1-3-18-20(17,19-4-2)13(14(15)16)11-10-12-8-6-5-7-9-12/h5-11,13H,3-4H2,1-2H3,(H,15,16)/b11-10+. The zero-order chi connectivity index (χ0) is 15.0. The summed E-state index contributed by atoms with van der Waals surface area (Å²) in [5.41, 5.74) is -0.499. The molecule has 20 heavy (non-hydrogen) atoms. The van der Waals surface area contributed by atoms with Crippen LogP contribution in [-0.2, 0) is 18.4 Å². The molecular formula is C14H19O5P. The molecule has 5 nitrogen and oxygen atoms in total. The number of hydrogen-bond donors (Lipinski definition) is 1. The highest BCUT2D eigenvalue weighted by atomic mass is 31.2. The highest BCUT2D eigenvalue weighted by molar-refractivity contribution is 7.56. The third kappa shape index (κ3) is 4.60. The van der Waals surface area contributed by atoms with Gasteiger partial charge in [-0.2, -0.15) is 0 Å². The minimum atomic E-state index is -3.71. The van der Waals surface area contributed by atoms with Crippen molar-refractivity contribution in [2.75, 3.05) is 13.2 Å². The van der Waals surface area contributed by atoms with Gasteiger partial charge in [0.25, 0.3) is 0 Å². The van der Waals surface area contributed by atoms with Crippen molar-refractivity contribution in [3.8, 4) is 0 Å². The van der Waals surface area contributed by atoms with Gasteiger partial charge < -0.3 is 14.2 Å². The lowest BCUT2D eigenvalue weighted by Gasteiger charge is -2.21. The summed E-state index contributed by atoms with van der Waals surface area (Å²) in [6.45, 7) is 3.54. The summed E-state index contributed by atoms with van der Waals surface area (Å²) < 4.78 is 22.7. The highest BCUT2D eigenvalue weighted by Gasteiger charge is 2.39. The second-order valence-electron chi connectivity index (χ2n) is 3.93. The maximum Gasteiger partial charge on any atom is 0.348 e. The van der Waals surface area contributed by atoms with Crippen molar-refractivity contribution in [3.63, 3.8) is 0 Å². The van der Waals surface area contributed by atoms with Crippen molar-refractivity contribution in [3.05, 3.63) is 42.0 Å². The van der Waals surface area contributed by atoms with Crippen LogP contribution < -0.4 is 0 Å². The molecule has 1 atom stereocenters. The van der Waals surface area contributed by atoms with Crippen molar-refractivity contribution in [1.29, 1.82) is 0 Å². The Morgan fingerprint density at radius 3 is 2.25 bits per heavy atom. The molecular weight excluding hydrogens is 279 g/mol. The molecule has 6 heteroatoms. The number of aliphatic carboxylic acids is 1. The molecule has 0 aromatic heterocycles. The molecule has 0 spiro atoms. The molecule has 0 fully saturated rings. The van der Waals surface area contributed by atoms with E-state index < -0.39 is 19.2 Å². The van der Waals surface area contributed by atoms with Crippen LogP contribution in [0.15, 0.2) is 36.4 Å². The first-order chi connectivity index (χ1) is 9.53. The summed E-state index contributed by atoms with van der Waals surface area (Å²) in [5, 5.41) is 9.26. The van der Waals surface area contributed by atoms with Crippen LogP contribution in [0.25, 0.3) is 6.08 Å². The maximum atomic E-state index is 12.5. The van der Waals surface area contributed by atoms with Crippen molar-refractivity contribution in [2.45, 2.75) is 19.5 Å². The van der Waals surface area contributed by atoms with Gasteiger partial charge in [-0.05, 0) is 19.4 Å². The predicted octanol–water partition coefficient (Wildman–Crippen LogP) is 3.42. The number of hydrogen-bond acceptors (Lipinski definition) is 4. The van der Waals surface area contributed by atoms with Gasteiger partial charge in [0.1, 0.15) is 0 Å². The Bertz CT molecular complexity index is 488. The third-order valence-electron chi connectivity index (χ3n) is 2.48. The number of carboxylic acids is 1. The lowest BCUT2D eigenvalue weighted by atomic mass is 10.2. The van der Waals surface area contributed by atoms with Crippen LogP contribution in [0.3, 0.4) is 0 Å². The monoisotopic (exact) mass is 298 g/mol. The fraction of sp³-hybridized carbons (Fsp3) is 0.357. The normalized spacial score (nSPS) is 13.5. The van der Waals surface area contributed by atoms with Gasteiger partial charge in [-0.25, -0.2) is 0 Å². The topological polar surface area (TPSA) is 72.8 Å². The zero-order valence-corrected chi connectivity index (χ0v) is 12.5. The van der Waals surface area contributed by atoms with Crippen LogP contribution in [0.4, 0.5) is 0 Å². The Morgan fingerprint density at radius 1 is 1.25 bits per heavy atom. The first-order valence-electron chi connectivity index (χ1n) is 6.38. The summed E-state index contributed by atoms with van der Waals surface area (Å²) in [6.07, 6.45) is 2.95. The second-order valence-corrected chi connectivity index (χ2v) is 6.08. The van der Waals surface area contributed by atoms with Crippen LogP contribution >= 0.6 is 7.60 Å². The van der Waals surface area contributed by atoms with Crippen LogP contribution in [0.2, 0.25) is 0 Å². The van der Waals surface area contributed by atoms with Crippen molar-refractivity contribution >= 4 is 19.6 Å². The molecule has 1 unspecified atom stereocenters. The highest BCUT2D eigenvalue weighted by Crippen LogP contribution is 2.53. The van der Waals surface area contributed by atoms with Crippen LogP contribution in [0, 0.1) is 0 Å². The number of benzene rings is 1. The molecule has 0 aliphatic heterocycles. The van der Waals surface area contributed by atoms with E-state index in [4.69, 9.17) is 9.05 Å². The van der Waals surface area contributed by atoms with E-state index in [-0.39, 0.29) is 13.2 Å². The third-order valence-corrected chi connectivity index (χ3v) is 4.79. The first kappa shape index (κ1) is 16.6. The lowest BCUT2D eigenvalue weighted by Crippen LogP contribution is -2.21. The van der Waals surface area contributed by atoms with Gasteiger partial charge >= 0.3 is 13.6 Å². The fourth-order valence-electron chi connectivity index (χ4n) is 1.65. The van der Waals surface area contributed by atoms with Crippen molar-refractivity contribution in [2.24, 2.45) is 0 Å². The molecule has 0 aliphatic carbocycles. The van der Waals surface area contributed by atoms with E-state index in [1.165, 1.54) is 6.08 Å². The van der Waals surface area contributed by atoms with E-state index in [9.17, 15) is 14.5 Å². The van der Waals surface area contributed by atoms with E-state index in [1.807, 2.05) is 30.3 Å². The summed E-state index contributed by atoms with van der Waals surface area (Å²) in [7, 11) is -3.71. The number of rotatable bonds is 8. The van der Waals surface area contributed by atoms with E-state index in [2.05, 4.69) is 0 Å². The Morgan fingerprint density at radius 2 is 1.80 bits per heavy atom. The molecule has 0 saturated carbocycles. The minimum absolute atomic E-state index is 0.125. The van der Waals surface area contributed by atoms with Gasteiger partial charge in [-0.1, -0.05) is 42.5 Å². The van der Waals surface area contributed by atoms with Gasteiger partial charge in [-0.3, -0.25) is 9.36 Å². The summed E-state index contributed by atoms with van der Waals surface area (Å²) >= 11 is 0. The van der Waals surface area contributed by atoms with E-state index >= 15 is 0 Å². The maximum absolute atomic E-state index is 12.5. The number of carboxylic acid groups (broad SMARTS) is 1. The van der Waals surface area contributed by atoms with Gasteiger partial charge in [0.2, 0.25) is 0 Å². The molecule has 1 aromatic carbocycles. The predicted molar refractivity (Wildman–Crippen MR) is 77.8 cm³/mol. The largest absolute Gasteiger partial charge is 0.480 e. The number of carbonyl (C=O) groups is 1. The zero-order valence-electron chi connectivity index (χ0n) is 11.6. The van der Waals surface area contributed by atoms with E-state index in [1.54, 1.807) is 19.9 Å². The Hall–Kier alpha value is -1.42. The van der Waals surface area contributed by atoms with E-state index in [0.29, 0.717) is 0 Å². The van der Waals surface area contributed by atoms with Gasteiger partial charge in [0.15, 0.2) is 5.66 Å². The molecule has 0 heterocycles. The molecule has 0 bridgehead atoms. The smallest absolute Gasteiger partial charge is 0.348 e. The Kier molecular flexibility index (Phi) is 6.65. The summed E-state index contributed by atoms with van der Waals surface area (Å²) in [5.74, 6) is -1.23. The van der Waals surface area contributed by atoms with E-state index in [0.717, 1.165) is 5.56 Å². The Labute approximate surface area is 118 Å². The molecule has 0 aliphatic rings. The Balaban J connectivity index is 3.01. The van der Waals surface area contributed by atoms with Gasteiger partial charge in [-0.15, -0.1) is 0 Å². The molecule has 0 radical (unpaired) electrons. The van der Waals surface area contributed by atoms with Crippen LogP contribution in [-0.4, -0.2) is 29.9 Å². The average molecular weight is 298 g/mol. The SMILES string of the molecule is CCOP(=O)(OCC)C(/C=C/c1ccccc1)C(=O)O. The molecule has 1 N–H and O–H groups in total. The second kappa shape index (κ2) is 8.00. The quantitative estimate of drug-likeness (QED) is 0.744. The van der Waals surface area contributed by atoms with Gasteiger partial charge in [0.05, 0.1) is 13.2 Å². The van der Waals surface area contributed by atoms with Crippen LogP contribution in [0.5, 0.6) is 0 Å². The van der Waals surface area contributed by atoms with Gasteiger partial charge in [0, 0.05) is 0 Å². The average Bonchev–Trinajstić information content (AvgIpc) is 2.40. The first-order valence-corrected chi connectivity index (χ1v) is 7.99.